The van der Waals surface area contributed by atoms with Gasteiger partial charge < -0.3 is 5.32 Å². The van der Waals surface area contributed by atoms with Crippen molar-refractivity contribution in [1.82, 2.24) is 5.32 Å². The second-order valence-electron chi connectivity index (χ2n) is 4.86. The van der Waals surface area contributed by atoms with Gasteiger partial charge in [-0.05, 0) is 24.7 Å². The number of alkyl halides is 2. The van der Waals surface area contributed by atoms with E-state index in [0.29, 0.717) is 18.3 Å². The molecule has 2 aliphatic rings. The maximum absolute atomic E-state index is 13.3. The van der Waals surface area contributed by atoms with Crippen LogP contribution >= 0.6 is 0 Å². The Kier molecular flexibility index (Phi) is 2.10. The highest BCUT2D eigenvalue weighted by Gasteiger charge is 2.52. The molecule has 0 spiro atoms. The summed E-state index contributed by atoms with van der Waals surface area (Å²) in [6, 6.07) is -0.472. The molecule has 76 valence electrons. The van der Waals surface area contributed by atoms with Crippen LogP contribution in [0, 0.1) is 11.8 Å². The van der Waals surface area contributed by atoms with E-state index in [-0.39, 0.29) is 12.5 Å². The van der Waals surface area contributed by atoms with Crippen LogP contribution in [0.15, 0.2) is 0 Å². The molecule has 0 saturated carbocycles. The van der Waals surface area contributed by atoms with Crippen LogP contribution < -0.4 is 5.32 Å². The van der Waals surface area contributed by atoms with Crippen molar-refractivity contribution in [2.24, 2.45) is 11.8 Å². The topological polar surface area (TPSA) is 12.0 Å². The monoisotopic (exact) mass is 189 g/mol. The Labute approximate surface area is 77.9 Å². The second-order valence-corrected chi connectivity index (χ2v) is 4.86. The molecule has 3 atom stereocenters. The summed E-state index contributed by atoms with van der Waals surface area (Å²) in [6.45, 7) is 4.27. The first kappa shape index (κ1) is 9.38. The van der Waals surface area contributed by atoms with Gasteiger partial charge >= 0.3 is 0 Å². The molecular weight excluding hydrogens is 172 g/mol. The summed E-state index contributed by atoms with van der Waals surface area (Å²) in [7, 11) is 0. The van der Waals surface area contributed by atoms with Crippen LogP contribution in [0.5, 0.6) is 0 Å². The van der Waals surface area contributed by atoms with E-state index in [0.717, 1.165) is 6.42 Å². The minimum absolute atomic E-state index is 0.0564. The molecule has 0 amide bonds. The molecule has 0 aromatic rings. The zero-order valence-electron chi connectivity index (χ0n) is 8.19. The van der Waals surface area contributed by atoms with Gasteiger partial charge in [-0.15, -0.1) is 0 Å². The molecule has 0 aromatic carbocycles. The maximum atomic E-state index is 13.3. The number of hydrogen-bond acceptors (Lipinski definition) is 1. The molecule has 0 aromatic heterocycles. The SMILES string of the molecule is CC(C)C1C[C@@H]2CC(F)(F)[C@H](C1)N2. The number of rotatable bonds is 1. The molecule has 2 heterocycles. The zero-order valence-corrected chi connectivity index (χ0v) is 8.19. The Balaban J connectivity index is 2.08. The van der Waals surface area contributed by atoms with Crippen molar-refractivity contribution in [3.63, 3.8) is 0 Å². The van der Waals surface area contributed by atoms with Crippen LogP contribution in [0.3, 0.4) is 0 Å². The van der Waals surface area contributed by atoms with Gasteiger partial charge in [0.1, 0.15) is 0 Å². The number of nitrogens with one attached hydrogen (secondary N) is 1. The lowest BCUT2D eigenvalue weighted by Gasteiger charge is -2.31. The highest BCUT2D eigenvalue weighted by molar-refractivity contribution is 5.02. The third kappa shape index (κ3) is 1.58. The van der Waals surface area contributed by atoms with Crippen molar-refractivity contribution < 1.29 is 8.78 Å². The first-order valence-electron chi connectivity index (χ1n) is 5.13. The number of halogens is 2. The standard InChI is InChI=1S/C10H17F2N/c1-6(2)7-3-8-5-10(11,12)9(4-7)13-8/h6-9,13H,3-5H2,1-2H3/t7?,8-,9+/m1/s1. The molecular formula is C10H17F2N. The van der Waals surface area contributed by atoms with E-state index in [2.05, 4.69) is 19.2 Å². The summed E-state index contributed by atoms with van der Waals surface area (Å²) in [5, 5.41) is 3.02. The van der Waals surface area contributed by atoms with Crippen molar-refractivity contribution in [1.29, 1.82) is 0 Å². The highest BCUT2D eigenvalue weighted by atomic mass is 19.3. The Morgan fingerprint density at radius 3 is 2.54 bits per heavy atom. The first-order valence-corrected chi connectivity index (χ1v) is 5.13. The summed E-state index contributed by atoms with van der Waals surface area (Å²) >= 11 is 0. The fourth-order valence-electron chi connectivity index (χ4n) is 2.64. The van der Waals surface area contributed by atoms with Crippen molar-refractivity contribution in [3.8, 4) is 0 Å². The summed E-state index contributed by atoms with van der Waals surface area (Å²) in [5.41, 5.74) is 0. The Morgan fingerprint density at radius 1 is 1.31 bits per heavy atom. The van der Waals surface area contributed by atoms with Gasteiger partial charge in [0.2, 0.25) is 0 Å². The smallest absolute Gasteiger partial charge is 0.264 e. The third-order valence-electron chi connectivity index (χ3n) is 3.53. The van der Waals surface area contributed by atoms with Crippen LogP contribution in [0.4, 0.5) is 8.78 Å². The van der Waals surface area contributed by atoms with E-state index in [9.17, 15) is 8.78 Å². The number of fused-ring (bicyclic) bond motifs is 2. The van der Waals surface area contributed by atoms with Crippen LogP contribution in [-0.2, 0) is 0 Å². The maximum Gasteiger partial charge on any atom is 0.264 e. The van der Waals surface area contributed by atoms with E-state index in [1.807, 2.05) is 0 Å². The second kappa shape index (κ2) is 2.91. The molecule has 0 aliphatic carbocycles. The van der Waals surface area contributed by atoms with Crippen LogP contribution in [0.2, 0.25) is 0 Å². The van der Waals surface area contributed by atoms with Crippen LogP contribution in [-0.4, -0.2) is 18.0 Å². The lowest BCUT2D eigenvalue weighted by molar-refractivity contribution is -0.0161. The fourth-order valence-corrected chi connectivity index (χ4v) is 2.64. The van der Waals surface area contributed by atoms with E-state index >= 15 is 0 Å². The molecule has 1 unspecified atom stereocenters. The Bertz CT molecular complexity index is 203. The van der Waals surface area contributed by atoms with E-state index in [1.165, 1.54) is 0 Å². The normalized spacial score (nSPS) is 42.7. The third-order valence-corrected chi connectivity index (χ3v) is 3.53. The predicted octanol–water partition coefficient (Wildman–Crippen LogP) is 2.42. The van der Waals surface area contributed by atoms with Gasteiger partial charge in [0.25, 0.3) is 5.92 Å². The fraction of sp³-hybridized carbons (Fsp3) is 1.00. The molecule has 1 nitrogen and oxygen atoms in total. The molecule has 0 radical (unpaired) electrons. The molecule has 2 saturated heterocycles. The van der Waals surface area contributed by atoms with E-state index < -0.39 is 12.0 Å². The van der Waals surface area contributed by atoms with Gasteiger partial charge in [-0.1, -0.05) is 13.8 Å². The lowest BCUT2D eigenvalue weighted by atomic mass is 9.84. The molecule has 2 bridgehead atoms. The summed E-state index contributed by atoms with van der Waals surface area (Å²) < 4.78 is 26.5. The molecule has 2 fully saturated rings. The molecule has 2 aliphatic heterocycles. The minimum atomic E-state index is -2.45. The summed E-state index contributed by atoms with van der Waals surface area (Å²) in [5.74, 6) is -1.42. The van der Waals surface area contributed by atoms with Gasteiger partial charge in [0.15, 0.2) is 0 Å². The summed E-state index contributed by atoms with van der Waals surface area (Å²) in [6.07, 6.45) is 1.64. The Hall–Kier alpha value is -0.180. The van der Waals surface area contributed by atoms with Gasteiger partial charge in [-0.2, -0.15) is 0 Å². The van der Waals surface area contributed by atoms with Gasteiger partial charge in [-0.3, -0.25) is 0 Å². The average Bonchev–Trinajstić information content (AvgIpc) is 2.21. The van der Waals surface area contributed by atoms with Gasteiger partial charge in [0.05, 0.1) is 6.04 Å². The van der Waals surface area contributed by atoms with Crippen molar-refractivity contribution in [2.45, 2.75) is 51.1 Å². The molecule has 1 N–H and O–H groups in total. The number of hydrogen-bond donors (Lipinski definition) is 1. The first-order chi connectivity index (χ1) is 5.99. The van der Waals surface area contributed by atoms with E-state index in [4.69, 9.17) is 0 Å². The van der Waals surface area contributed by atoms with Gasteiger partial charge in [-0.25, -0.2) is 8.78 Å². The van der Waals surface area contributed by atoms with Gasteiger partial charge in [0, 0.05) is 12.5 Å². The summed E-state index contributed by atoms with van der Waals surface area (Å²) in [4.78, 5) is 0. The minimum Gasteiger partial charge on any atom is -0.306 e. The lowest BCUT2D eigenvalue weighted by Crippen LogP contribution is -2.43. The van der Waals surface area contributed by atoms with Crippen molar-refractivity contribution >= 4 is 0 Å². The van der Waals surface area contributed by atoms with Crippen molar-refractivity contribution in [3.05, 3.63) is 0 Å². The quantitative estimate of drug-likeness (QED) is 0.668. The molecule has 2 rings (SSSR count). The zero-order chi connectivity index (χ0) is 9.64. The predicted molar refractivity (Wildman–Crippen MR) is 47.8 cm³/mol. The largest absolute Gasteiger partial charge is 0.306 e. The Morgan fingerprint density at radius 2 is 2.00 bits per heavy atom. The highest BCUT2D eigenvalue weighted by Crippen LogP contribution is 2.43. The number of piperidine rings is 1. The van der Waals surface area contributed by atoms with Crippen LogP contribution in [0.25, 0.3) is 0 Å². The van der Waals surface area contributed by atoms with E-state index in [1.54, 1.807) is 0 Å². The molecule has 13 heavy (non-hydrogen) atoms. The molecule has 3 heteroatoms. The average molecular weight is 189 g/mol. The van der Waals surface area contributed by atoms with Crippen molar-refractivity contribution in [2.75, 3.05) is 0 Å². The van der Waals surface area contributed by atoms with Crippen LogP contribution in [0.1, 0.15) is 33.1 Å².